The summed E-state index contributed by atoms with van der Waals surface area (Å²) >= 11 is 0. The summed E-state index contributed by atoms with van der Waals surface area (Å²) in [5.41, 5.74) is 1.15. The number of aryl methyl sites for hydroxylation is 1. The number of carbonyl (C=O) groups is 1. The molecule has 0 spiro atoms. The molecule has 2 aromatic heterocycles. The van der Waals surface area contributed by atoms with E-state index in [1.807, 2.05) is 25.3 Å². The maximum atomic E-state index is 12.2. The lowest BCUT2D eigenvalue weighted by Crippen LogP contribution is -2.43. The van der Waals surface area contributed by atoms with Gasteiger partial charge in [-0.25, -0.2) is 4.79 Å². The fourth-order valence-corrected chi connectivity index (χ4v) is 2.46. The summed E-state index contributed by atoms with van der Waals surface area (Å²) in [5, 5.41) is 6.53. The summed E-state index contributed by atoms with van der Waals surface area (Å²) in [6.07, 6.45) is 2.04. The highest BCUT2D eigenvalue weighted by Gasteiger charge is 2.27. The first-order valence-electron chi connectivity index (χ1n) is 6.31. The van der Waals surface area contributed by atoms with E-state index in [-0.39, 0.29) is 12.1 Å². The zero-order valence-corrected chi connectivity index (χ0v) is 11.0. The SMILES string of the molecule is Cc1cc(NC(=O)N2CCn3cccc3[C@@H]2C)no1. The van der Waals surface area contributed by atoms with Crippen LogP contribution in [0.4, 0.5) is 10.6 Å². The number of aromatic nitrogens is 2. The molecule has 1 aliphatic heterocycles. The number of nitrogens with zero attached hydrogens (tertiary/aromatic N) is 3. The van der Waals surface area contributed by atoms with Gasteiger partial charge in [0.15, 0.2) is 5.82 Å². The molecule has 3 rings (SSSR count). The Balaban J connectivity index is 1.74. The normalized spacial score (nSPS) is 18.2. The monoisotopic (exact) mass is 260 g/mol. The van der Waals surface area contributed by atoms with Gasteiger partial charge in [0.2, 0.25) is 0 Å². The second-order valence-electron chi connectivity index (χ2n) is 4.75. The summed E-state index contributed by atoms with van der Waals surface area (Å²) in [6, 6.07) is 5.67. The molecular formula is C13H16N4O2. The van der Waals surface area contributed by atoms with E-state index in [2.05, 4.69) is 15.0 Å². The predicted octanol–water partition coefficient (Wildman–Crippen LogP) is 2.39. The van der Waals surface area contributed by atoms with Gasteiger partial charge in [-0.05, 0) is 26.0 Å². The molecule has 0 fully saturated rings. The highest BCUT2D eigenvalue weighted by atomic mass is 16.5. The number of carbonyl (C=O) groups excluding carboxylic acids is 1. The van der Waals surface area contributed by atoms with Gasteiger partial charge in [0.05, 0.1) is 6.04 Å². The molecule has 0 aromatic carbocycles. The quantitative estimate of drug-likeness (QED) is 0.856. The number of hydrogen-bond donors (Lipinski definition) is 1. The Labute approximate surface area is 111 Å². The van der Waals surface area contributed by atoms with E-state index < -0.39 is 0 Å². The second kappa shape index (κ2) is 4.46. The van der Waals surface area contributed by atoms with Gasteiger partial charge in [-0.2, -0.15) is 0 Å². The van der Waals surface area contributed by atoms with Crippen LogP contribution in [-0.4, -0.2) is 27.2 Å². The van der Waals surface area contributed by atoms with Crippen LogP contribution in [-0.2, 0) is 6.54 Å². The molecule has 1 N–H and O–H groups in total. The lowest BCUT2D eigenvalue weighted by Gasteiger charge is -2.34. The van der Waals surface area contributed by atoms with Crippen molar-refractivity contribution in [2.24, 2.45) is 0 Å². The first kappa shape index (κ1) is 11.8. The van der Waals surface area contributed by atoms with E-state index in [9.17, 15) is 4.79 Å². The highest BCUT2D eigenvalue weighted by molar-refractivity contribution is 5.88. The maximum Gasteiger partial charge on any atom is 0.323 e. The highest BCUT2D eigenvalue weighted by Crippen LogP contribution is 2.25. The molecule has 0 aliphatic carbocycles. The Morgan fingerprint density at radius 2 is 2.37 bits per heavy atom. The minimum absolute atomic E-state index is 0.0525. The average Bonchev–Trinajstić information content (AvgIpc) is 2.99. The van der Waals surface area contributed by atoms with Gasteiger partial charge >= 0.3 is 6.03 Å². The minimum atomic E-state index is -0.145. The van der Waals surface area contributed by atoms with Crippen LogP contribution < -0.4 is 5.32 Å². The Morgan fingerprint density at radius 3 is 3.11 bits per heavy atom. The number of nitrogens with one attached hydrogen (secondary N) is 1. The molecular weight excluding hydrogens is 244 g/mol. The molecule has 0 saturated heterocycles. The Morgan fingerprint density at radius 1 is 1.53 bits per heavy atom. The fourth-order valence-electron chi connectivity index (χ4n) is 2.46. The van der Waals surface area contributed by atoms with E-state index in [1.54, 1.807) is 17.9 Å². The zero-order valence-electron chi connectivity index (χ0n) is 11.0. The second-order valence-corrected chi connectivity index (χ2v) is 4.75. The van der Waals surface area contributed by atoms with Gasteiger partial charge in [-0.15, -0.1) is 0 Å². The van der Waals surface area contributed by atoms with Crippen LogP contribution >= 0.6 is 0 Å². The lowest BCUT2D eigenvalue weighted by molar-refractivity contribution is 0.175. The third-order valence-corrected chi connectivity index (χ3v) is 3.47. The van der Waals surface area contributed by atoms with Crippen molar-refractivity contribution in [2.75, 3.05) is 11.9 Å². The molecule has 19 heavy (non-hydrogen) atoms. The number of hydrogen-bond acceptors (Lipinski definition) is 3. The van der Waals surface area contributed by atoms with E-state index in [4.69, 9.17) is 4.52 Å². The third kappa shape index (κ3) is 2.09. The summed E-state index contributed by atoms with van der Waals surface area (Å²) < 4.78 is 7.11. The number of anilines is 1. The lowest BCUT2D eigenvalue weighted by atomic mass is 10.1. The molecule has 1 aliphatic rings. The van der Waals surface area contributed by atoms with Crippen LogP contribution in [0.3, 0.4) is 0 Å². The van der Waals surface area contributed by atoms with Gasteiger partial charge in [0, 0.05) is 31.0 Å². The van der Waals surface area contributed by atoms with Crippen molar-refractivity contribution < 1.29 is 9.32 Å². The van der Waals surface area contributed by atoms with Crippen LogP contribution in [0.25, 0.3) is 0 Å². The molecule has 3 heterocycles. The Bertz CT molecular complexity index is 601. The predicted molar refractivity (Wildman–Crippen MR) is 69.8 cm³/mol. The first-order valence-corrected chi connectivity index (χ1v) is 6.31. The van der Waals surface area contributed by atoms with Gasteiger partial charge in [-0.1, -0.05) is 5.16 Å². The summed E-state index contributed by atoms with van der Waals surface area (Å²) in [4.78, 5) is 14.0. The average molecular weight is 260 g/mol. The molecule has 6 heteroatoms. The van der Waals surface area contributed by atoms with Crippen molar-refractivity contribution >= 4 is 11.8 Å². The maximum absolute atomic E-state index is 12.2. The molecule has 2 amide bonds. The van der Waals surface area contributed by atoms with Crippen molar-refractivity contribution in [3.05, 3.63) is 35.9 Å². The number of fused-ring (bicyclic) bond motifs is 1. The van der Waals surface area contributed by atoms with Crippen LogP contribution in [0.15, 0.2) is 28.9 Å². The molecule has 0 unspecified atom stereocenters. The summed E-state index contributed by atoms with van der Waals surface area (Å²) in [7, 11) is 0. The van der Waals surface area contributed by atoms with E-state index in [1.165, 1.54) is 0 Å². The Kier molecular flexibility index (Phi) is 2.77. The number of urea groups is 1. The molecule has 0 saturated carbocycles. The van der Waals surface area contributed by atoms with E-state index in [0.717, 1.165) is 12.2 Å². The van der Waals surface area contributed by atoms with Crippen molar-refractivity contribution in [3.8, 4) is 0 Å². The largest absolute Gasteiger partial charge is 0.360 e. The van der Waals surface area contributed by atoms with Crippen molar-refractivity contribution in [2.45, 2.75) is 26.4 Å². The van der Waals surface area contributed by atoms with Gasteiger partial charge in [0.1, 0.15) is 5.76 Å². The van der Waals surface area contributed by atoms with E-state index >= 15 is 0 Å². The van der Waals surface area contributed by atoms with Crippen LogP contribution in [0.1, 0.15) is 24.4 Å². The van der Waals surface area contributed by atoms with Gasteiger partial charge in [-0.3, -0.25) is 5.32 Å². The third-order valence-electron chi connectivity index (χ3n) is 3.47. The molecule has 0 radical (unpaired) electrons. The van der Waals surface area contributed by atoms with Crippen LogP contribution in [0.5, 0.6) is 0 Å². The number of rotatable bonds is 1. The Hall–Kier alpha value is -2.24. The molecule has 0 bridgehead atoms. The van der Waals surface area contributed by atoms with Gasteiger partial charge in [0.25, 0.3) is 0 Å². The molecule has 100 valence electrons. The van der Waals surface area contributed by atoms with Crippen molar-refractivity contribution in [3.63, 3.8) is 0 Å². The summed E-state index contributed by atoms with van der Waals surface area (Å²) in [6.45, 7) is 5.32. The minimum Gasteiger partial charge on any atom is -0.360 e. The van der Waals surface area contributed by atoms with Gasteiger partial charge < -0.3 is 14.0 Å². The molecule has 2 aromatic rings. The van der Waals surface area contributed by atoms with Crippen LogP contribution in [0.2, 0.25) is 0 Å². The van der Waals surface area contributed by atoms with E-state index in [0.29, 0.717) is 18.1 Å². The summed E-state index contributed by atoms with van der Waals surface area (Å²) in [5.74, 6) is 1.13. The standard InChI is InChI=1S/C13H16N4O2/c1-9-8-12(15-19-9)14-13(18)17-7-6-16-5-3-4-11(16)10(17)2/h3-5,8,10H,6-7H2,1-2H3,(H,14,15,18)/t10-/m0/s1. The topological polar surface area (TPSA) is 63.3 Å². The fraction of sp³-hybridized carbons (Fsp3) is 0.385. The zero-order chi connectivity index (χ0) is 13.4. The van der Waals surface area contributed by atoms with Crippen LogP contribution in [0, 0.1) is 6.92 Å². The van der Waals surface area contributed by atoms with Crippen molar-refractivity contribution in [1.29, 1.82) is 0 Å². The van der Waals surface area contributed by atoms with Crippen molar-refractivity contribution in [1.82, 2.24) is 14.6 Å². The molecule has 1 atom stereocenters. The number of amides is 2. The smallest absolute Gasteiger partial charge is 0.323 e. The molecule has 6 nitrogen and oxygen atoms in total. The first-order chi connectivity index (χ1) is 9.15.